The Labute approximate surface area is 188 Å². The summed E-state index contributed by atoms with van der Waals surface area (Å²) in [5, 5.41) is 15.2. The smallest absolute Gasteiger partial charge is 0.258 e. The van der Waals surface area contributed by atoms with Gasteiger partial charge in [0, 0.05) is 37.8 Å². The first-order chi connectivity index (χ1) is 15.6. The highest BCUT2D eigenvalue weighted by molar-refractivity contribution is 6.05. The van der Waals surface area contributed by atoms with Crippen LogP contribution in [-0.2, 0) is 4.79 Å². The van der Waals surface area contributed by atoms with Crippen molar-refractivity contribution in [1.82, 2.24) is 10.2 Å². The molecule has 32 heavy (non-hydrogen) atoms. The molecular weight excluding hydrogens is 402 g/mol. The van der Waals surface area contributed by atoms with Crippen molar-refractivity contribution in [2.45, 2.75) is 25.3 Å². The number of rotatable bonds is 7. The molecule has 0 bridgehead atoms. The summed E-state index contributed by atoms with van der Waals surface area (Å²) in [5.74, 6) is -0.448. The van der Waals surface area contributed by atoms with Crippen molar-refractivity contribution < 1.29 is 14.7 Å². The number of hydrogen-bond donors (Lipinski definition) is 2. The van der Waals surface area contributed by atoms with Crippen molar-refractivity contribution in [3.05, 3.63) is 72.3 Å². The summed E-state index contributed by atoms with van der Waals surface area (Å²) in [5.41, 5.74) is 1.38. The molecule has 1 heterocycles. The number of benzene rings is 3. The van der Waals surface area contributed by atoms with Gasteiger partial charge >= 0.3 is 0 Å². The van der Waals surface area contributed by atoms with Crippen LogP contribution in [0.4, 0.5) is 5.69 Å². The highest BCUT2D eigenvalue weighted by Crippen LogP contribution is 2.31. The van der Waals surface area contributed by atoms with Crippen LogP contribution in [0.1, 0.15) is 29.6 Å². The Morgan fingerprint density at radius 2 is 1.81 bits per heavy atom. The second-order valence-electron chi connectivity index (χ2n) is 8.24. The van der Waals surface area contributed by atoms with Gasteiger partial charge in [-0.2, -0.15) is 0 Å². The molecule has 3 aromatic rings. The third-order valence-electron chi connectivity index (χ3n) is 6.11. The highest BCUT2D eigenvalue weighted by Gasteiger charge is 2.35. The molecule has 6 heteroatoms. The number of likely N-dealkylation sites (tertiary alicyclic amines) is 1. The van der Waals surface area contributed by atoms with E-state index in [2.05, 4.69) is 22.3 Å². The van der Waals surface area contributed by atoms with Crippen LogP contribution in [0.2, 0.25) is 0 Å². The van der Waals surface area contributed by atoms with E-state index in [1.165, 1.54) is 0 Å². The van der Waals surface area contributed by atoms with Gasteiger partial charge in [-0.05, 0) is 42.8 Å². The summed E-state index contributed by atoms with van der Waals surface area (Å²) >= 11 is 0. The van der Waals surface area contributed by atoms with E-state index in [0.717, 1.165) is 30.5 Å². The zero-order valence-corrected chi connectivity index (χ0v) is 18.3. The molecule has 0 spiro atoms. The Kier molecular flexibility index (Phi) is 6.59. The molecule has 4 rings (SSSR count). The average molecular weight is 432 g/mol. The van der Waals surface area contributed by atoms with Crippen molar-refractivity contribution in [3.8, 4) is 5.75 Å². The molecule has 1 saturated heterocycles. The zero-order chi connectivity index (χ0) is 22.5. The molecule has 0 saturated carbocycles. The van der Waals surface area contributed by atoms with E-state index in [0.29, 0.717) is 24.9 Å². The third kappa shape index (κ3) is 4.54. The predicted molar refractivity (Wildman–Crippen MR) is 127 cm³/mol. The number of carbonyl (C=O) groups excluding carboxylic acids is 2. The summed E-state index contributed by atoms with van der Waals surface area (Å²) in [6.07, 6.45) is 2.22. The number of phenolic OH excluding ortho intramolecular Hbond substituents is 1. The lowest BCUT2D eigenvalue weighted by atomic mass is 10.0. The number of nitrogens with one attached hydrogen (secondary N) is 1. The van der Waals surface area contributed by atoms with Gasteiger partial charge in [0.1, 0.15) is 11.8 Å². The Hall–Kier alpha value is -3.54. The first-order valence-corrected chi connectivity index (χ1v) is 11.1. The third-order valence-corrected chi connectivity index (χ3v) is 6.11. The van der Waals surface area contributed by atoms with E-state index >= 15 is 0 Å². The summed E-state index contributed by atoms with van der Waals surface area (Å²) in [6, 6.07) is 20.5. The fourth-order valence-corrected chi connectivity index (χ4v) is 4.32. The molecule has 1 atom stereocenters. The van der Waals surface area contributed by atoms with Crippen molar-refractivity contribution in [3.63, 3.8) is 0 Å². The van der Waals surface area contributed by atoms with Gasteiger partial charge in [0.05, 0.1) is 5.56 Å². The summed E-state index contributed by atoms with van der Waals surface area (Å²) in [7, 11) is 2.03. The number of fused-ring (bicyclic) bond motifs is 1. The average Bonchev–Trinajstić information content (AvgIpc) is 3.32. The molecule has 1 unspecified atom stereocenters. The zero-order valence-electron chi connectivity index (χ0n) is 18.3. The molecule has 0 aromatic heterocycles. The first-order valence-electron chi connectivity index (χ1n) is 11.1. The van der Waals surface area contributed by atoms with Gasteiger partial charge in [-0.1, -0.05) is 48.5 Å². The van der Waals surface area contributed by atoms with Gasteiger partial charge < -0.3 is 20.2 Å². The molecule has 1 aliphatic rings. The van der Waals surface area contributed by atoms with Crippen LogP contribution in [0.15, 0.2) is 66.7 Å². The fourth-order valence-electron chi connectivity index (χ4n) is 4.32. The maximum absolute atomic E-state index is 13.2. The highest BCUT2D eigenvalue weighted by atomic mass is 16.3. The Morgan fingerprint density at radius 1 is 1.06 bits per heavy atom. The quantitative estimate of drug-likeness (QED) is 0.558. The van der Waals surface area contributed by atoms with Crippen molar-refractivity contribution in [2.75, 3.05) is 31.6 Å². The van der Waals surface area contributed by atoms with Gasteiger partial charge in [-0.3, -0.25) is 9.59 Å². The second kappa shape index (κ2) is 9.73. The van der Waals surface area contributed by atoms with E-state index in [4.69, 9.17) is 0 Å². The number of amides is 2. The van der Waals surface area contributed by atoms with Crippen LogP contribution in [0, 0.1) is 0 Å². The Balaban J connectivity index is 1.35. The molecule has 6 nitrogen and oxygen atoms in total. The SMILES string of the molecule is CN(CCCNC(=O)C1CCCN1C(=O)c1ccc2ccccc2c1O)c1ccccc1. The molecular formula is C26H29N3O3. The number of phenols is 1. The van der Waals surface area contributed by atoms with Crippen LogP contribution in [-0.4, -0.2) is 54.5 Å². The van der Waals surface area contributed by atoms with Gasteiger partial charge in [0.15, 0.2) is 0 Å². The van der Waals surface area contributed by atoms with E-state index in [9.17, 15) is 14.7 Å². The number of aromatic hydroxyl groups is 1. The van der Waals surface area contributed by atoms with E-state index in [1.54, 1.807) is 17.0 Å². The lowest BCUT2D eigenvalue weighted by Crippen LogP contribution is -2.46. The topological polar surface area (TPSA) is 72.9 Å². The molecule has 0 radical (unpaired) electrons. The Bertz CT molecular complexity index is 1100. The molecule has 1 aliphatic heterocycles. The predicted octanol–water partition coefficient (Wildman–Crippen LogP) is 3.79. The van der Waals surface area contributed by atoms with Gasteiger partial charge in [0.25, 0.3) is 5.91 Å². The molecule has 166 valence electrons. The number of para-hydroxylation sites is 1. The molecule has 2 amide bonds. The molecule has 2 N–H and O–H groups in total. The lowest BCUT2D eigenvalue weighted by molar-refractivity contribution is -0.124. The van der Waals surface area contributed by atoms with Crippen LogP contribution >= 0.6 is 0 Å². The van der Waals surface area contributed by atoms with Crippen LogP contribution in [0.5, 0.6) is 5.75 Å². The molecule has 3 aromatic carbocycles. The van der Waals surface area contributed by atoms with Crippen LogP contribution in [0.3, 0.4) is 0 Å². The minimum Gasteiger partial charge on any atom is -0.506 e. The number of carbonyl (C=O) groups is 2. The molecule has 1 fully saturated rings. The number of anilines is 1. The van der Waals surface area contributed by atoms with Crippen molar-refractivity contribution in [1.29, 1.82) is 0 Å². The van der Waals surface area contributed by atoms with Crippen LogP contribution in [0.25, 0.3) is 10.8 Å². The summed E-state index contributed by atoms with van der Waals surface area (Å²) in [6.45, 7) is 1.89. The maximum atomic E-state index is 13.2. The number of hydrogen-bond acceptors (Lipinski definition) is 4. The van der Waals surface area contributed by atoms with Gasteiger partial charge in [0.2, 0.25) is 5.91 Å². The van der Waals surface area contributed by atoms with E-state index in [1.807, 2.05) is 49.5 Å². The van der Waals surface area contributed by atoms with Gasteiger partial charge in [-0.25, -0.2) is 0 Å². The van der Waals surface area contributed by atoms with E-state index in [-0.39, 0.29) is 23.1 Å². The Morgan fingerprint density at radius 3 is 2.62 bits per heavy atom. The van der Waals surface area contributed by atoms with Crippen molar-refractivity contribution in [2.24, 2.45) is 0 Å². The normalized spacial score (nSPS) is 15.7. The first kappa shape index (κ1) is 21.7. The van der Waals surface area contributed by atoms with Crippen LogP contribution < -0.4 is 10.2 Å². The maximum Gasteiger partial charge on any atom is 0.258 e. The minimum absolute atomic E-state index is 0.0249. The van der Waals surface area contributed by atoms with Gasteiger partial charge in [-0.15, -0.1) is 0 Å². The largest absolute Gasteiger partial charge is 0.506 e. The van der Waals surface area contributed by atoms with E-state index < -0.39 is 6.04 Å². The monoisotopic (exact) mass is 431 g/mol. The number of nitrogens with zero attached hydrogens (tertiary/aromatic N) is 2. The minimum atomic E-state index is -0.500. The van der Waals surface area contributed by atoms with Crippen molar-refractivity contribution >= 4 is 28.3 Å². The standard InChI is InChI=1S/C26H29N3O3/c1-28(20-10-3-2-4-11-20)17-8-16-27-25(31)23-13-7-18-29(23)26(32)22-15-14-19-9-5-6-12-21(19)24(22)30/h2-6,9-12,14-15,23,30H,7-8,13,16-18H2,1H3,(H,27,31). The molecule has 0 aliphatic carbocycles. The second-order valence-corrected chi connectivity index (χ2v) is 8.24. The summed E-state index contributed by atoms with van der Waals surface area (Å²) < 4.78 is 0. The fraction of sp³-hybridized carbons (Fsp3) is 0.308. The summed E-state index contributed by atoms with van der Waals surface area (Å²) in [4.78, 5) is 29.7. The lowest BCUT2D eigenvalue weighted by Gasteiger charge is -2.25.